The molecule has 7 heteroatoms. The van der Waals surface area contributed by atoms with Crippen LogP contribution in [0.4, 0.5) is 0 Å². The van der Waals surface area contributed by atoms with Gasteiger partial charge in [-0.15, -0.1) is 5.10 Å². The fourth-order valence-corrected chi connectivity index (χ4v) is 2.56. The number of hydrogen-bond acceptors (Lipinski definition) is 4. The number of hydrogen-bond donors (Lipinski definition) is 0. The maximum atomic E-state index is 12.5. The monoisotopic (exact) mass is 321 g/mol. The van der Waals surface area contributed by atoms with E-state index >= 15 is 0 Å². The molecule has 0 aliphatic heterocycles. The molecule has 1 aromatic carbocycles. The summed E-state index contributed by atoms with van der Waals surface area (Å²) in [6, 6.07) is 7.37. The molecule has 2 aromatic rings. The van der Waals surface area contributed by atoms with Crippen molar-refractivity contribution in [2.24, 2.45) is 0 Å². The predicted molar refractivity (Wildman–Crippen MR) is 81.8 cm³/mol. The zero-order valence-corrected chi connectivity index (χ0v) is 12.9. The van der Waals surface area contributed by atoms with Crippen LogP contribution in [0.2, 0.25) is 5.02 Å². The molecule has 0 bridgehead atoms. The summed E-state index contributed by atoms with van der Waals surface area (Å²) in [6.45, 7) is 1.80. The highest BCUT2D eigenvalue weighted by Crippen LogP contribution is 2.37. The summed E-state index contributed by atoms with van der Waals surface area (Å²) >= 11 is 6.22. The van der Waals surface area contributed by atoms with Gasteiger partial charge in [-0.1, -0.05) is 23.7 Å². The zero-order chi connectivity index (χ0) is 15.7. The highest BCUT2D eigenvalue weighted by atomic mass is 35.5. The van der Waals surface area contributed by atoms with Gasteiger partial charge >= 0.3 is 11.7 Å². The van der Waals surface area contributed by atoms with Crippen LogP contribution in [0.5, 0.6) is 0 Å². The summed E-state index contributed by atoms with van der Waals surface area (Å²) in [5, 5.41) is 4.83. The molecule has 0 saturated heterocycles. The molecule has 116 valence electrons. The minimum absolute atomic E-state index is 0.134. The van der Waals surface area contributed by atoms with Gasteiger partial charge in [-0.2, -0.15) is 0 Å². The molecule has 0 N–H and O–H groups in total. The van der Waals surface area contributed by atoms with Crippen LogP contribution in [-0.4, -0.2) is 26.9 Å². The van der Waals surface area contributed by atoms with Crippen molar-refractivity contribution in [1.29, 1.82) is 0 Å². The first-order valence-corrected chi connectivity index (χ1v) is 7.59. The van der Waals surface area contributed by atoms with Crippen molar-refractivity contribution in [1.82, 2.24) is 14.3 Å². The normalized spacial score (nSPS) is 14.1. The van der Waals surface area contributed by atoms with Crippen LogP contribution in [0.15, 0.2) is 29.1 Å². The van der Waals surface area contributed by atoms with Gasteiger partial charge in [0.2, 0.25) is 0 Å². The van der Waals surface area contributed by atoms with E-state index in [0.717, 1.165) is 17.5 Å². The second-order valence-electron chi connectivity index (χ2n) is 5.15. The van der Waals surface area contributed by atoms with Crippen LogP contribution in [0.1, 0.15) is 25.8 Å². The number of halogens is 1. The highest BCUT2D eigenvalue weighted by Gasteiger charge is 2.31. The van der Waals surface area contributed by atoms with Crippen molar-refractivity contribution in [3.8, 4) is 11.4 Å². The second kappa shape index (κ2) is 5.96. The number of carbonyl (C=O) groups excluding carboxylic acids is 1. The van der Waals surface area contributed by atoms with Crippen molar-refractivity contribution in [2.45, 2.75) is 32.4 Å². The van der Waals surface area contributed by atoms with Crippen molar-refractivity contribution < 1.29 is 9.53 Å². The quantitative estimate of drug-likeness (QED) is 0.792. The molecular weight excluding hydrogens is 306 g/mol. The summed E-state index contributed by atoms with van der Waals surface area (Å²) in [5.41, 5.74) is 0.390. The smallest absolute Gasteiger partial charge is 0.347 e. The van der Waals surface area contributed by atoms with Gasteiger partial charge in [0.05, 0.1) is 11.6 Å². The molecule has 1 saturated carbocycles. The molecule has 1 aromatic heterocycles. The number of esters is 1. The largest absolute Gasteiger partial charge is 0.465 e. The van der Waals surface area contributed by atoms with Crippen LogP contribution in [0, 0.1) is 0 Å². The second-order valence-corrected chi connectivity index (χ2v) is 5.56. The van der Waals surface area contributed by atoms with Gasteiger partial charge in [0, 0.05) is 11.6 Å². The maximum absolute atomic E-state index is 12.5. The van der Waals surface area contributed by atoms with E-state index in [-0.39, 0.29) is 24.9 Å². The molecule has 0 atom stereocenters. The molecule has 0 spiro atoms. The van der Waals surface area contributed by atoms with E-state index in [1.165, 1.54) is 0 Å². The lowest BCUT2D eigenvalue weighted by molar-refractivity contribution is -0.144. The average molecular weight is 322 g/mol. The third kappa shape index (κ3) is 2.78. The first-order valence-electron chi connectivity index (χ1n) is 7.21. The van der Waals surface area contributed by atoms with Gasteiger partial charge in [-0.25, -0.2) is 9.48 Å². The first-order chi connectivity index (χ1) is 10.6. The van der Waals surface area contributed by atoms with Crippen molar-refractivity contribution in [2.75, 3.05) is 6.61 Å². The van der Waals surface area contributed by atoms with E-state index in [1.807, 2.05) is 18.2 Å². The third-order valence-electron chi connectivity index (χ3n) is 3.48. The Hall–Kier alpha value is -2.08. The average Bonchev–Trinajstić information content (AvgIpc) is 3.26. The lowest BCUT2D eigenvalue weighted by Crippen LogP contribution is -2.28. The molecule has 1 fully saturated rings. The molecule has 1 aliphatic rings. The van der Waals surface area contributed by atoms with Crippen LogP contribution >= 0.6 is 11.6 Å². The molecule has 1 heterocycles. The minimum Gasteiger partial charge on any atom is -0.465 e. The first kappa shape index (κ1) is 14.8. The van der Waals surface area contributed by atoms with Gasteiger partial charge in [0.25, 0.3) is 0 Å². The number of nitrogens with zero attached hydrogens (tertiary/aromatic N) is 3. The standard InChI is InChI=1S/C15H16ClN3O3/c1-2-22-13(20)9-18-15(21)19(10-7-8-10)14(17-18)11-5-3-4-6-12(11)16/h3-6,10H,2,7-9H2,1H3. The lowest BCUT2D eigenvalue weighted by Gasteiger charge is -2.04. The number of ether oxygens (including phenoxy) is 1. The van der Waals surface area contributed by atoms with E-state index < -0.39 is 5.97 Å². The lowest BCUT2D eigenvalue weighted by atomic mass is 10.2. The minimum atomic E-state index is -0.476. The Morgan fingerprint density at radius 2 is 2.14 bits per heavy atom. The molecule has 3 rings (SSSR count). The summed E-state index contributed by atoms with van der Waals surface area (Å²) in [4.78, 5) is 24.1. The molecule has 0 radical (unpaired) electrons. The van der Waals surface area contributed by atoms with Gasteiger partial charge in [0.1, 0.15) is 6.54 Å². The summed E-state index contributed by atoms with van der Waals surface area (Å²) in [5.74, 6) is 0.0261. The molecule has 0 amide bonds. The number of benzene rings is 1. The van der Waals surface area contributed by atoms with E-state index in [2.05, 4.69) is 5.10 Å². The van der Waals surface area contributed by atoms with Crippen LogP contribution in [0.25, 0.3) is 11.4 Å². The fourth-order valence-electron chi connectivity index (χ4n) is 2.34. The van der Waals surface area contributed by atoms with Gasteiger partial charge in [-0.05, 0) is 31.9 Å². The Balaban J connectivity index is 2.05. The molecule has 6 nitrogen and oxygen atoms in total. The highest BCUT2D eigenvalue weighted by molar-refractivity contribution is 6.33. The SMILES string of the molecule is CCOC(=O)Cn1nc(-c2ccccc2Cl)n(C2CC2)c1=O. The van der Waals surface area contributed by atoms with Crippen LogP contribution in [-0.2, 0) is 16.1 Å². The Morgan fingerprint density at radius 1 is 1.41 bits per heavy atom. The van der Waals surface area contributed by atoms with E-state index in [4.69, 9.17) is 16.3 Å². The number of carbonyl (C=O) groups is 1. The summed E-state index contributed by atoms with van der Waals surface area (Å²) < 4.78 is 7.65. The van der Waals surface area contributed by atoms with Gasteiger partial charge in [-0.3, -0.25) is 9.36 Å². The molecular formula is C15H16ClN3O3. The van der Waals surface area contributed by atoms with Crippen molar-refractivity contribution in [3.63, 3.8) is 0 Å². The van der Waals surface area contributed by atoms with E-state index in [0.29, 0.717) is 16.4 Å². The van der Waals surface area contributed by atoms with Crippen LogP contribution < -0.4 is 5.69 Å². The van der Waals surface area contributed by atoms with Gasteiger partial charge < -0.3 is 4.74 Å². The molecule has 0 unspecified atom stereocenters. The Labute approximate surface area is 132 Å². The maximum Gasteiger partial charge on any atom is 0.347 e. The van der Waals surface area contributed by atoms with Crippen molar-refractivity contribution in [3.05, 3.63) is 39.8 Å². The Morgan fingerprint density at radius 3 is 2.77 bits per heavy atom. The topological polar surface area (TPSA) is 66.1 Å². The van der Waals surface area contributed by atoms with Crippen LogP contribution in [0.3, 0.4) is 0 Å². The third-order valence-corrected chi connectivity index (χ3v) is 3.81. The molecule has 22 heavy (non-hydrogen) atoms. The number of rotatable bonds is 5. The Bertz CT molecular complexity index is 762. The predicted octanol–water partition coefficient (Wildman–Crippen LogP) is 2.26. The van der Waals surface area contributed by atoms with Crippen molar-refractivity contribution >= 4 is 17.6 Å². The zero-order valence-electron chi connectivity index (χ0n) is 12.2. The van der Waals surface area contributed by atoms with Gasteiger partial charge in [0.15, 0.2) is 5.82 Å². The Kier molecular flexibility index (Phi) is 4.02. The summed E-state index contributed by atoms with van der Waals surface area (Å²) in [7, 11) is 0. The fraction of sp³-hybridized carbons (Fsp3) is 0.400. The van der Waals surface area contributed by atoms with E-state index in [9.17, 15) is 9.59 Å². The van der Waals surface area contributed by atoms with E-state index in [1.54, 1.807) is 17.6 Å². The molecule has 1 aliphatic carbocycles. The summed E-state index contributed by atoms with van der Waals surface area (Å²) in [6.07, 6.45) is 1.87. The number of aromatic nitrogens is 3.